The van der Waals surface area contributed by atoms with Crippen LogP contribution in [0.15, 0.2) is 18.2 Å². The Morgan fingerprint density at radius 3 is 2.58 bits per heavy atom. The highest BCUT2D eigenvalue weighted by molar-refractivity contribution is 5.88. The monoisotopic (exact) mass is 363 g/mol. The second-order valence-electron chi connectivity index (χ2n) is 6.91. The zero-order chi connectivity index (χ0) is 19.3. The van der Waals surface area contributed by atoms with Gasteiger partial charge in [-0.1, -0.05) is 6.07 Å². The Morgan fingerprint density at radius 2 is 1.96 bits per heavy atom. The molecule has 1 fully saturated rings. The number of nitrogens with two attached hydrogens (primary N) is 1. The minimum atomic E-state index is -0.481. The van der Waals surface area contributed by atoms with Gasteiger partial charge in [0, 0.05) is 25.0 Å². The van der Waals surface area contributed by atoms with Gasteiger partial charge in [0.2, 0.25) is 11.8 Å². The van der Waals surface area contributed by atoms with Gasteiger partial charge in [-0.05, 0) is 44.4 Å². The molecule has 0 bridgehead atoms. The average Bonchev–Trinajstić information content (AvgIpc) is 3.00. The molecule has 1 aliphatic heterocycles. The molecule has 2 rings (SSSR count). The molecule has 1 aromatic carbocycles. The van der Waals surface area contributed by atoms with Crippen molar-refractivity contribution in [2.24, 2.45) is 5.73 Å². The predicted molar refractivity (Wildman–Crippen MR) is 99.2 cm³/mol. The van der Waals surface area contributed by atoms with Crippen LogP contribution in [-0.2, 0) is 16.0 Å². The maximum absolute atomic E-state index is 12.7. The number of nitrogens with zero attached hydrogens (tertiary/aromatic N) is 1. The van der Waals surface area contributed by atoms with Crippen molar-refractivity contribution in [2.45, 2.75) is 51.2 Å². The van der Waals surface area contributed by atoms with Gasteiger partial charge in [-0.3, -0.25) is 9.59 Å². The molecule has 2 amide bonds. The first-order valence-electron chi connectivity index (χ1n) is 8.92. The van der Waals surface area contributed by atoms with Gasteiger partial charge in [0.05, 0.1) is 14.2 Å². The van der Waals surface area contributed by atoms with Crippen molar-refractivity contribution < 1.29 is 19.1 Å². The first-order chi connectivity index (χ1) is 12.3. The zero-order valence-electron chi connectivity index (χ0n) is 16.0. The van der Waals surface area contributed by atoms with Crippen molar-refractivity contribution in [1.82, 2.24) is 10.2 Å². The van der Waals surface area contributed by atoms with Crippen LogP contribution >= 0.6 is 0 Å². The van der Waals surface area contributed by atoms with Gasteiger partial charge in [0.15, 0.2) is 11.5 Å². The smallest absolute Gasteiger partial charge is 0.243 e. The van der Waals surface area contributed by atoms with Crippen LogP contribution in [0.1, 0.15) is 32.3 Å². The number of methoxy groups -OCH3 is 2. The van der Waals surface area contributed by atoms with Crippen molar-refractivity contribution in [1.29, 1.82) is 0 Å². The Bertz CT molecular complexity index is 648. The minimum Gasteiger partial charge on any atom is -0.493 e. The van der Waals surface area contributed by atoms with Gasteiger partial charge in [-0.15, -0.1) is 0 Å². The molecule has 144 valence electrons. The van der Waals surface area contributed by atoms with Gasteiger partial charge < -0.3 is 25.4 Å². The quantitative estimate of drug-likeness (QED) is 0.756. The van der Waals surface area contributed by atoms with E-state index in [-0.39, 0.29) is 23.9 Å². The summed E-state index contributed by atoms with van der Waals surface area (Å²) in [5, 5.41) is 2.87. The summed E-state index contributed by atoms with van der Waals surface area (Å²) in [5.41, 5.74) is 6.97. The van der Waals surface area contributed by atoms with Crippen molar-refractivity contribution in [3.05, 3.63) is 23.8 Å². The Balaban J connectivity index is 2.00. The van der Waals surface area contributed by atoms with Crippen molar-refractivity contribution in [3.8, 4) is 11.5 Å². The number of benzene rings is 1. The van der Waals surface area contributed by atoms with Crippen molar-refractivity contribution in [2.75, 3.05) is 20.8 Å². The molecule has 0 aromatic heterocycles. The lowest BCUT2D eigenvalue weighted by Gasteiger charge is -2.24. The number of rotatable bonds is 7. The van der Waals surface area contributed by atoms with Crippen LogP contribution in [0.5, 0.6) is 11.5 Å². The molecule has 26 heavy (non-hydrogen) atoms. The first-order valence-corrected chi connectivity index (χ1v) is 8.92. The van der Waals surface area contributed by atoms with E-state index >= 15 is 0 Å². The normalized spacial score (nSPS) is 19.5. The number of ether oxygens (including phenoxy) is 2. The maximum Gasteiger partial charge on any atom is 0.243 e. The molecule has 1 aromatic rings. The summed E-state index contributed by atoms with van der Waals surface area (Å²) in [4.78, 5) is 26.6. The molecule has 1 saturated heterocycles. The number of carbonyl (C=O) groups excluding carboxylic acids is 2. The number of hydrogen-bond acceptors (Lipinski definition) is 5. The molecule has 3 N–H and O–H groups in total. The Morgan fingerprint density at radius 1 is 1.27 bits per heavy atom. The predicted octanol–water partition coefficient (Wildman–Crippen LogP) is 1.09. The van der Waals surface area contributed by atoms with E-state index in [9.17, 15) is 9.59 Å². The fraction of sp³-hybridized carbons (Fsp3) is 0.579. The summed E-state index contributed by atoms with van der Waals surface area (Å²) in [5.74, 6) is 1.09. The SMILES string of the molecule is COc1ccc(CCC(=O)N2C[C@H](N)C[C@H]2C(=O)NC(C)C)cc1OC. The van der Waals surface area contributed by atoms with Crippen LogP contribution in [0.2, 0.25) is 0 Å². The van der Waals surface area contributed by atoms with Crippen LogP contribution in [0.4, 0.5) is 0 Å². The van der Waals surface area contributed by atoms with E-state index in [1.54, 1.807) is 19.1 Å². The number of amides is 2. The molecule has 1 aliphatic rings. The number of likely N-dealkylation sites (tertiary alicyclic amines) is 1. The second-order valence-corrected chi connectivity index (χ2v) is 6.91. The van der Waals surface area contributed by atoms with Crippen LogP contribution < -0.4 is 20.5 Å². The number of nitrogens with one attached hydrogen (secondary N) is 1. The minimum absolute atomic E-state index is 0.0306. The Labute approximate surface area is 154 Å². The van der Waals surface area contributed by atoms with Gasteiger partial charge in [0.1, 0.15) is 6.04 Å². The van der Waals surface area contributed by atoms with Crippen molar-refractivity contribution >= 4 is 11.8 Å². The highest BCUT2D eigenvalue weighted by Crippen LogP contribution is 2.28. The summed E-state index contributed by atoms with van der Waals surface area (Å²) in [6.07, 6.45) is 1.37. The molecule has 1 heterocycles. The molecule has 0 aliphatic carbocycles. The van der Waals surface area contributed by atoms with Gasteiger partial charge in [0.25, 0.3) is 0 Å². The Kier molecular flexibility index (Phi) is 6.85. The summed E-state index contributed by atoms with van der Waals surface area (Å²) in [6, 6.07) is 4.98. The maximum atomic E-state index is 12.7. The van der Waals surface area contributed by atoms with Crippen LogP contribution in [0, 0.1) is 0 Å². The molecular weight excluding hydrogens is 334 g/mol. The lowest BCUT2D eigenvalue weighted by molar-refractivity contribution is -0.138. The lowest BCUT2D eigenvalue weighted by Crippen LogP contribution is -2.47. The second kappa shape index (κ2) is 8.89. The third-order valence-corrected chi connectivity index (χ3v) is 4.46. The summed E-state index contributed by atoms with van der Waals surface area (Å²) < 4.78 is 10.5. The molecule has 0 radical (unpaired) electrons. The van der Waals surface area contributed by atoms with Crippen LogP contribution in [0.3, 0.4) is 0 Å². The van der Waals surface area contributed by atoms with Crippen LogP contribution in [-0.4, -0.2) is 55.6 Å². The standard InChI is InChI=1S/C19H29N3O4/c1-12(2)21-19(24)15-10-14(20)11-22(15)18(23)8-6-13-5-7-16(25-3)17(9-13)26-4/h5,7,9,12,14-15H,6,8,10-11,20H2,1-4H3,(H,21,24)/t14-,15+/m1/s1. The molecule has 0 spiro atoms. The summed E-state index contributed by atoms with van der Waals surface area (Å²) >= 11 is 0. The van der Waals surface area contributed by atoms with Gasteiger partial charge in [-0.2, -0.15) is 0 Å². The fourth-order valence-electron chi connectivity index (χ4n) is 3.20. The molecule has 2 atom stereocenters. The third kappa shape index (κ3) is 4.88. The fourth-order valence-corrected chi connectivity index (χ4v) is 3.20. The number of hydrogen-bond donors (Lipinski definition) is 2. The molecule has 7 nitrogen and oxygen atoms in total. The largest absolute Gasteiger partial charge is 0.493 e. The Hall–Kier alpha value is -2.28. The molecular formula is C19H29N3O4. The van der Waals surface area contributed by atoms with E-state index in [2.05, 4.69) is 5.32 Å². The summed E-state index contributed by atoms with van der Waals surface area (Å²) in [7, 11) is 3.16. The molecule has 0 unspecified atom stereocenters. The van der Waals surface area contributed by atoms with E-state index in [0.717, 1.165) is 5.56 Å². The highest BCUT2D eigenvalue weighted by atomic mass is 16.5. The topological polar surface area (TPSA) is 93.9 Å². The van der Waals surface area contributed by atoms with E-state index in [0.29, 0.717) is 37.3 Å². The van der Waals surface area contributed by atoms with Crippen molar-refractivity contribution in [3.63, 3.8) is 0 Å². The molecule has 7 heteroatoms. The molecule has 0 saturated carbocycles. The van der Waals surface area contributed by atoms with Crippen LogP contribution in [0.25, 0.3) is 0 Å². The van der Waals surface area contributed by atoms with E-state index < -0.39 is 6.04 Å². The number of aryl methyl sites for hydroxylation is 1. The van der Waals surface area contributed by atoms with E-state index in [4.69, 9.17) is 15.2 Å². The highest BCUT2D eigenvalue weighted by Gasteiger charge is 2.37. The van der Waals surface area contributed by atoms with E-state index in [1.807, 2.05) is 32.0 Å². The summed E-state index contributed by atoms with van der Waals surface area (Å²) in [6.45, 7) is 4.22. The first kappa shape index (κ1) is 20.0. The van der Waals surface area contributed by atoms with Gasteiger partial charge >= 0.3 is 0 Å². The van der Waals surface area contributed by atoms with Gasteiger partial charge in [-0.25, -0.2) is 0 Å². The zero-order valence-corrected chi connectivity index (χ0v) is 16.0. The van der Waals surface area contributed by atoms with E-state index in [1.165, 1.54) is 0 Å². The average molecular weight is 363 g/mol. The lowest BCUT2D eigenvalue weighted by atomic mass is 10.1. The third-order valence-electron chi connectivity index (χ3n) is 4.46. The number of carbonyl (C=O) groups is 2.